The van der Waals surface area contributed by atoms with Crippen molar-refractivity contribution < 1.29 is 18.8 Å². The monoisotopic (exact) mass is 482 g/mol. The minimum absolute atomic E-state index is 0.202. The number of hydrogen-bond donors (Lipinski definition) is 0. The second kappa shape index (κ2) is 10.2. The van der Waals surface area contributed by atoms with Crippen LogP contribution in [0.15, 0.2) is 47.0 Å². The molecule has 0 spiro atoms. The van der Waals surface area contributed by atoms with Gasteiger partial charge in [-0.3, -0.25) is 9.36 Å². The Kier molecular flexibility index (Phi) is 7.07. The summed E-state index contributed by atoms with van der Waals surface area (Å²) >= 11 is 6.07. The molecule has 3 aromatic rings. The molecule has 178 valence electrons. The van der Waals surface area contributed by atoms with E-state index in [-0.39, 0.29) is 12.5 Å². The van der Waals surface area contributed by atoms with Gasteiger partial charge in [0, 0.05) is 60.4 Å². The molecule has 1 aliphatic heterocycles. The number of nitrogens with zero attached hydrogens (tertiary/aromatic N) is 4. The van der Waals surface area contributed by atoms with Gasteiger partial charge in [0.25, 0.3) is 5.91 Å². The van der Waals surface area contributed by atoms with E-state index in [2.05, 4.69) is 10.1 Å². The Bertz CT molecular complexity index is 1220. The summed E-state index contributed by atoms with van der Waals surface area (Å²) in [5.41, 5.74) is 3.78. The van der Waals surface area contributed by atoms with E-state index in [1.54, 1.807) is 11.0 Å². The van der Waals surface area contributed by atoms with E-state index in [9.17, 15) is 9.59 Å². The minimum atomic E-state index is -0.562. The van der Waals surface area contributed by atoms with E-state index in [1.165, 1.54) is 6.08 Å². The molecule has 3 heterocycles. The molecule has 1 aromatic carbocycles. The maximum Gasteiger partial charge on any atom is 0.331 e. The van der Waals surface area contributed by atoms with E-state index < -0.39 is 5.97 Å². The van der Waals surface area contributed by atoms with Crippen LogP contribution in [0.1, 0.15) is 22.7 Å². The van der Waals surface area contributed by atoms with Crippen molar-refractivity contribution in [1.29, 1.82) is 0 Å². The molecule has 0 N–H and O–H groups in total. The van der Waals surface area contributed by atoms with Crippen LogP contribution in [0.3, 0.4) is 0 Å². The quantitative estimate of drug-likeness (QED) is 0.391. The first-order chi connectivity index (χ1) is 16.3. The third-order valence-corrected chi connectivity index (χ3v) is 6.09. The second-order valence-corrected chi connectivity index (χ2v) is 8.68. The lowest BCUT2D eigenvalue weighted by Crippen LogP contribution is -2.49. The van der Waals surface area contributed by atoms with Gasteiger partial charge in [-0.2, -0.15) is 0 Å². The molecule has 0 bridgehead atoms. The van der Waals surface area contributed by atoms with Gasteiger partial charge in [-0.05, 0) is 56.7 Å². The van der Waals surface area contributed by atoms with Crippen LogP contribution in [-0.4, -0.2) is 59.3 Å². The molecule has 0 atom stereocenters. The van der Waals surface area contributed by atoms with Crippen molar-refractivity contribution in [3.63, 3.8) is 0 Å². The molecule has 1 saturated heterocycles. The van der Waals surface area contributed by atoms with Gasteiger partial charge in [-0.15, -0.1) is 0 Å². The minimum Gasteiger partial charge on any atom is -0.452 e. The number of halogens is 1. The predicted octanol–water partition coefficient (Wildman–Crippen LogP) is 3.95. The van der Waals surface area contributed by atoms with Crippen LogP contribution in [0.2, 0.25) is 5.02 Å². The summed E-state index contributed by atoms with van der Waals surface area (Å²) in [6, 6.07) is 11.5. The molecule has 1 aliphatic rings. The highest BCUT2D eigenvalue weighted by molar-refractivity contribution is 6.30. The number of carbonyl (C=O) groups is 2. The molecule has 0 saturated carbocycles. The lowest BCUT2D eigenvalue weighted by Gasteiger charge is -2.36. The van der Waals surface area contributed by atoms with Crippen molar-refractivity contribution in [3.05, 3.63) is 70.2 Å². The molecule has 34 heavy (non-hydrogen) atoms. The van der Waals surface area contributed by atoms with Crippen LogP contribution in [0.5, 0.6) is 0 Å². The van der Waals surface area contributed by atoms with Crippen LogP contribution in [0, 0.1) is 20.8 Å². The highest BCUT2D eigenvalue weighted by atomic mass is 35.5. The van der Waals surface area contributed by atoms with Crippen LogP contribution < -0.4 is 4.90 Å². The summed E-state index contributed by atoms with van der Waals surface area (Å²) in [5, 5.41) is 4.74. The fraction of sp³-hybridized carbons (Fsp3) is 0.320. The summed E-state index contributed by atoms with van der Waals surface area (Å²) in [5.74, 6) is 0.648. The number of piperazine rings is 1. The predicted molar refractivity (Wildman–Crippen MR) is 130 cm³/mol. The van der Waals surface area contributed by atoms with Gasteiger partial charge in [0.1, 0.15) is 5.76 Å². The lowest BCUT2D eigenvalue weighted by molar-refractivity contribution is -0.148. The van der Waals surface area contributed by atoms with Gasteiger partial charge in [-0.25, -0.2) is 4.79 Å². The molecule has 9 heteroatoms. The van der Waals surface area contributed by atoms with Crippen molar-refractivity contribution >= 4 is 35.2 Å². The molecule has 8 nitrogen and oxygen atoms in total. The van der Waals surface area contributed by atoms with Gasteiger partial charge < -0.3 is 19.1 Å². The smallest absolute Gasteiger partial charge is 0.331 e. The first kappa shape index (κ1) is 23.6. The molecule has 0 aliphatic carbocycles. The molecule has 1 fully saturated rings. The highest BCUT2D eigenvalue weighted by Gasteiger charge is 2.22. The maximum atomic E-state index is 12.5. The number of benzene rings is 1. The normalized spacial score (nSPS) is 14.1. The van der Waals surface area contributed by atoms with Crippen molar-refractivity contribution in [3.8, 4) is 5.82 Å². The van der Waals surface area contributed by atoms with Gasteiger partial charge in [0.2, 0.25) is 0 Å². The largest absolute Gasteiger partial charge is 0.452 e. The maximum absolute atomic E-state index is 12.5. The number of rotatable bonds is 6. The summed E-state index contributed by atoms with van der Waals surface area (Å²) < 4.78 is 12.3. The second-order valence-electron chi connectivity index (χ2n) is 8.25. The Morgan fingerprint density at radius 3 is 2.56 bits per heavy atom. The van der Waals surface area contributed by atoms with E-state index >= 15 is 0 Å². The SMILES string of the molecule is Cc1cc(-n2c(C)cc(/C=C/C(=O)OCC(=O)N3CCN(c4cccc(Cl)c4)CC3)c2C)no1. The number of aromatic nitrogens is 2. The first-order valence-corrected chi connectivity index (χ1v) is 11.5. The Balaban J connectivity index is 1.28. The van der Waals surface area contributed by atoms with E-state index in [4.69, 9.17) is 20.9 Å². The number of esters is 1. The van der Waals surface area contributed by atoms with Crippen molar-refractivity contribution in [1.82, 2.24) is 14.6 Å². The third kappa shape index (κ3) is 5.34. The molecule has 0 unspecified atom stereocenters. The topological polar surface area (TPSA) is 80.8 Å². The summed E-state index contributed by atoms with van der Waals surface area (Å²) in [4.78, 5) is 28.6. The van der Waals surface area contributed by atoms with Crippen LogP contribution in [0.25, 0.3) is 11.9 Å². The highest BCUT2D eigenvalue weighted by Crippen LogP contribution is 2.22. The van der Waals surface area contributed by atoms with Crippen LogP contribution >= 0.6 is 11.6 Å². The molecule has 0 radical (unpaired) electrons. The number of anilines is 1. The zero-order chi connectivity index (χ0) is 24.2. The molecule has 2 aromatic heterocycles. The zero-order valence-electron chi connectivity index (χ0n) is 19.5. The fourth-order valence-electron chi connectivity index (χ4n) is 4.08. The van der Waals surface area contributed by atoms with Gasteiger partial charge in [-0.1, -0.05) is 22.8 Å². The van der Waals surface area contributed by atoms with Gasteiger partial charge in [0.05, 0.1) is 0 Å². The summed E-state index contributed by atoms with van der Waals surface area (Å²) in [6.07, 6.45) is 3.02. The van der Waals surface area contributed by atoms with Crippen molar-refractivity contribution in [2.75, 3.05) is 37.7 Å². The Morgan fingerprint density at radius 2 is 1.88 bits per heavy atom. The molecule has 1 amide bonds. The Hall–Kier alpha value is -3.52. The number of carbonyl (C=O) groups excluding carboxylic acids is 2. The van der Waals surface area contributed by atoms with E-state index in [0.717, 1.165) is 28.4 Å². The summed E-state index contributed by atoms with van der Waals surface area (Å²) in [7, 11) is 0. The van der Waals surface area contributed by atoms with Crippen molar-refractivity contribution in [2.45, 2.75) is 20.8 Å². The average Bonchev–Trinajstić information content (AvgIpc) is 3.37. The Morgan fingerprint density at radius 1 is 1.12 bits per heavy atom. The standard InChI is InChI=1S/C25H27ClN4O4/c1-17-13-20(19(3)30(17)23-14-18(2)34-27-23)7-8-25(32)33-16-24(31)29-11-9-28(10-12-29)22-6-4-5-21(26)15-22/h4-8,13-15H,9-12,16H2,1-3H3/b8-7+. The lowest BCUT2D eigenvalue weighted by atomic mass is 10.2. The van der Waals surface area contributed by atoms with Crippen LogP contribution in [-0.2, 0) is 14.3 Å². The van der Waals surface area contributed by atoms with Crippen molar-refractivity contribution in [2.24, 2.45) is 0 Å². The first-order valence-electron chi connectivity index (χ1n) is 11.1. The molecular formula is C25H27ClN4O4. The molecule has 4 rings (SSSR count). The molecular weight excluding hydrogens is 456 g/mol. The average molecular weight is 483 g/mol. The fourth-order valence-corrected chi connectivity index (χ4v) is 4.27. The Labute approximate surface area is 203 Å². The van der Waals surface area contributed by atoms with Crippen LogP contribution in [0.4, 0.5) is 5.69 Å². The number of ether oxygens (including phenoxy) is 1. The van der Waals surface area contributed by atoms with E-state index in [1.807, 2.05) is 61.7 Å². The summed E-state index contributed by atoms with van der Waals surface area (Å²) in [6.45, 7) is 7.96. The number of aryl methyl sites for hydroxylation is 2. The zero-order valence-corrected chi connectivity index (χ0v) is 20.2. The van der Waals surface area contributed by atoms with Gasteiger partial charge >= 0.3 is 5.97 Å². The number of hydrogen-bond acceptors (Lipinski definition) is 6. The third-order valence-electron chi connectivity index (χ3n) is 5.86. The van der Waals surface area contributed by atoms with E-state index in [0.29, 0.717) is 37.0 Å². The number of amides is 1. The van der Waals surface area contributed by atoms with Gasteiger partial charge in [0.15, 0.2) is 12.4 Å².